The number of rotatable bonds is 4. The number of nitrogens with one attached hydrogen (secondary N) is 1. The highest BCUT2D eigenvalue weighted by molar-refractivity contribution is 9.10. The van der Waals surface area contributed by atoms with Gasteiger partial charge in [-0.2, -0.15) is 5.26 Å². The van der Waals surface area contributed by atoms with E-state index in [-0.39, 0.29) is 27.7 Å². The standard InChI is InChI=1S/C13H10BrN3O4S/c1-7-12(5-11(21-7)13(16)18)22(19,20)17-9-2-3-10(14)8(4-9)6-15/h2-5,17H,1H3,(H2,16,18). The van der Waals surface area contributed by atoms with Crippen LogP contribution in [0.25, 0.3) is 0 Å². The zero-order chi connectivity index (χ0) is 16.5. The first-order valence-electron chi connectivity index (χ1n) is 5.87. The molecule has 0 saturated heterocycles. The summed E-state index contributed by atoms with van der Waals surface area (Å²) in [5.41, 5.74) is 5.55. The van der Waals surface area contributed by atoms with E-state index in [1.54, 1.807) is 6.07 Å². The molecule has 9 heteroatoms. The van der Waals surface area contributed by atoms with E-state index in [0.29, 0.717) is 4.47 Å². The van der Waals surface area contributed by atoms with Crippen LogP contribution in [0.3, 0.4) is 0 Å². The third-order valence-corrected chi connectivity index (χ3v) is 4.92. The molecule has 1 aromatic heterocycles. The number of carbonyl (C=O) groups is 1. The van der Waals surface area contributed by atoms with Crippen molar-refractivity contribution in [2.75, 3.05) is 4.72 Å². The van der Waals surface area contributed by atoms with Gasteiger partial charge in [-0.3, -0.25) is 9.52 Å². The van der Waals surface area contributed by atoms with Gasteiger partial charge in [0, 0.05) is 10.5 Å². The molecule has 0 radical (unpaired) electrons. The predicted octanol–water partition coefficient (Wildman–Crippen LogP) is 2.12. The molecule has 7 nitrogen and oxygen atoms in total. The molecule has 0 aliphatic carbocycles. The Hall–Kier alpha value is -2.31. The van der Waals surface area contributed by atoms with Crippen molar-refractivity contribution in [1.29, 1.82) is 5.26 Å². The van der Waals surface area contributed by atoms with Crippen LogP contribution in [-0.4, -0.2) is 14.3 Å². The van der Waals surface area contributed by atoms with Crippen LogP contribution in [0.1, 0.15) is 21.9 Å². The van der Waals surface area contributed by atoms with E-state index in [2.05, 4.69) is 20.7 Å². The zero-order valence-corrected chi connectivity index (χ0v) is 13.7. The number of sulfonamides is 1. The summed E-state index contributed by atoms with van der Waals surface area (Å²) < 4.78 is 32.5. The second-order valence-corrected chi connectivity index (χ2v) is 6.81. The first-order valence-corrected chi connectivity index (χ1v) is 8.15. The summed E-state index contributed by atoms with van der Waals surface area (Å²) >= 11 is 3.18. The van der Waals surface area contributed by atoms with Crippen LogP contribution in [0.2, 0.25) is 0 Å². The van der Waals surface area contributed by atoms with Crippen molar-refractivity contribution in [1.82, 2.24) is 0 Å². The molecule has 3 N–H and O–H groups in total. The molecule has 1 aromatic carbocycles. The number of nitrogens with zero attached hydrogens (tertiary/aromatic N) is 1. The Kier molecular flexibility index (Phi) is 4.25. The lowest BCUT2D eigenvalue weighted by atomic mass is 10.2. The molecule has 22 heavy (non-hydrogen) atoms. The Balaban J connectivity index is 2.40. The molecule has 0 aliphatic heterocycles. The minimum Gasteiger partial charge on any atom is -0.455 e. The average Bonchev–Trinajstić information content (AvgIpc) is 2.84. The van der Waals surface area contributed by atoms with Gasteiger partial charge in [-0.1, -0.05) is 0 Å². The smallest absolute Gasteiger partial charge is 0.284 e. The summed E-state index contributed by atoms with van der Waals surface area (Å²) in [6.07, 6.45) is 0. The van der Waals surface area contributed by atoms with Crippen molar-refractivity contribution in [2.45, 2.75) is 11.8 Å². The number of hydrogen-bond acceptors (Lipinski definition) is 5. The van der Waals surface area contributed by atoms with Gasteiger partial charge in [0.2, 0.25) is 0 Å². The normalized spacial score (nSPS) is 11.0. The first-order chi connectivity index (χ1) is 10.2. The number of anilines is 1. The van der Waals surface area contributed by atoms with Crippen LogP contribution in [0.5, 0.6) is 0 Å². The molecule has 0 fully saturated rings. The number of amides is 1. The second kappa shape index (κ2) is 5.82. The molecule has 0 unspecified atom stereocenters. The maximum Gasteiger partial charge on any atom is 0.284 e. The molecular formula is C13H10BrN3O4S. The van der Waals surface area contributed by atoms with Gasteiger partial charge in [-0.15, -0.1) is 0 Å². The van der Waals surface area contributed by atoms with E-state index in [0.717, 1.165) is 6.07 Å². The van der Waals surface area contributed by atoms with E-state index in [1.807, 2.05) is 6.07 Å². The monoisotopic (exact) mass is 383 g/mol. The Morgan fingerprint density at radius 1 is 1.41 bits per heavy atom. The van der Waals surface area contributed by atoms with Crippen molar-refractivity contribution in [2.24, 2.45) is 5.73 Å². The predicted molar refractivity (Wildman–Crippen MR) is 81.6 cm³/mol. The number of halogens is 1. The van der Waals surface area contributed by atoms with E-state index in [4.69, 9.17) is 15.4 Å². The second-order valence-electron chi connectivity index (χ2n) is 4.31. The van der Waals surface area contributed by atoms with Crippen molar-refractivity contribution in [3.05, 3.63) is 45.8 Å². The fourth-order valence-corrected chi connectivity index (χ4v) is 3.30. The largest absolute Gasteiger partial charge is 0.455 e. The SMILES string of the molecule is Cc1oc(C(N)=O)cc1S(=O)(=O)Nc1ccc(Br)c(C#N)c1. The van der Waals surface area contributed by atoms with Gasteiger partial charge in [0.15, 0.2) is 5.76 Å². The number of carbonyl (C=O) groups excluding carboxylic acids is 1. The maximum absolute atomic E-state index is 12.3. The van der Waals surface area contributed by atoms with E-state index >= 15 is 0 Å². The van der Waals surface area contributed by atoms with Gasteiger partial charge in [0.25, 0.3) is 15.9 Å². The van der Waals surface area contributed by atoms with Crippen LogP contribution in [-0.2, 0) is 10.0 Å². The third kappa shape index (κ3) is 3.13. The van der Waals surface area contributed by atoms with Crippen molar-refractivity contribution in [3.8, 4) is 6.07 Å². The molecule has 0 atom stereocenters. The maximum atomic E-state index is 12.3. The highest BCUT2D eigenvalue weighted by Gasteiger charge is 2.23. The van der Waals surface area contributed by atoms with Gasteiger partial charge in [0.05, 0.1) is 11.3 Å². The Bertz CT molecular complexity index is 896. The molecule has 0 aliphatic rings. The van der Waals surface area contributed by atoms with Gasteiger partial charge in [-0.05, 0) is 41.1 Å². The minimum atomic E-state index is -3.97. The number of furan rings is 1. The molecule has 0 spiro atoms. The third-order valence-electron chi connectivity index (χ3n) is 2.74. The first kappa shape index (κ1) is 16.1. The molecule has 1 amide bonds. The van der Waals surface area contributed by atoms with E-state index in [9.17, 15) is 13.2 Å². The molecule has 2 aromatic rings. The number of hydrogen-bond donors (Lipinski definition) is 2. The zero-order valence-electron chi connectivity index (χ0n) is 11.3. The van der Waals surface area contributed by atoms with Gasteiger partial charge in [0.1, 0.15) is 16.7 Å². The minimum absolute atomic E-state index is 0.0407. The summed E-state index contributed by atoms with van der Waals surface area (Å²) in [6, 6.07) is 7.41. The lowest BCUT2D eigenvalue weighted by Crippen LogP contribution is -2.13. The number of aryl methyl sites for hydroxylation is 1. The Labute approximate surface area is 134 Å². The number of nitrogens with two attached hydrogens (primary N) is 1. The summed E-state index contributed by atoms with van der Waals surface area (Å²) in [7, 11) is -3.97. The van der Waals surface area contributed by atoms with Gasteiger partial charge in [-0.25, -0.2) is 8.42 Å². The Morgan fingerprint density at radius 2 is 2.09 bits per heavy atom. The highest BCUT2D eigenvalue weighted by atomic mass is 79.9. The van der Waals surface area contributed by atoms with Crippen LogP contribution >= 0.6 is 15.9 Å². The van der Waals surface area contributed by atoms with Crippen molar-refractivity contribution < 1.29 is 17.6 Å². The van der Waals surface area contributed by atoms with Crippen molar-refractivity contribution >= 4 is 37.5 Å². The van der Waals surface area contributed by atoms with Crippen LogP contribution < -0.4 is 10.5 Å². The average molecular weight is 384 g/mol. The molecule has 0 saturated carbocycles. The summed E-state index contributed by atoms with van der Waals surface area (Å²) in [5, 5.41) is 8.94. The van der Waals surface area contributed by atoms with E-state index in [1.165, 1.54) is 19.1 Å². The number of nitriles is 1. The Morgan fingerprint density at radius 3 is 2.64 bits per heavy atom. The molecular weight excluding hydrogens is 374 g/mol. The highest BCUT2D eigenvalue weighted by Crippen LogP contribution is 2.25. The lowest BCUT2D eigenvalue weighted by Gasteiger charge is -2.07. The lowest BCUT2D eigenvalue weighted by molar-refractivity contribution is 0.0972. The number of primary amides is 1. The number of benzene rings is 1. The van der Waals surface area contributed by atoms with Crippen molar-refractivity contribution in [3.63, 3.8) is 0 Å². The summed E-state index contributed by atoms with van der Waals surface area (Å²) in [5.74, 6) is -1.06. The van der Waals surface area contributed by atoms with Crippen LogP contribution in [0, 0.1) is 18.3 Å². The van der Waals surface area contributed by atoms with Gasteiger partial charge < -0.3 is 10.2 Å². The van der Waals surface area contributed by atoms with Gasteiger partial charge >= 0.3 is 0 Å². The van der Waals surface area contributed by atoms with E-state index < -0.39 is 15.9 Å². The molecule has 2 rings (SSSR count). The summed E-state index contributed by atoms with van der Waals surface area (Å²) in [6.45, 7) is 1.41. The molecule has 0 bridgehead atoms. The quantitative estimate of drug-likeness (QED) is 0.835. The molecule has 114 valence electrons. The van der Waals surface area contributed by atoms with Crippen LogP contribution in [0.15, 0.2) is 38.1 Å². The summed E-state index contributed by atoms with van der Waals surface area (Å²) in [4.78, 5) is 10.9. The van der Waals surface area contributed by atoms with Crippen LogP contribution in [0.4, 0.5) is 5.69 Å². The fourth-order valence-electron chi connectivity index (χ4n) is 1.74. The molecule has 1 heterocycles. The topological polar surface area (TPSA) is 126 Å². The fraction of sp³-hybridized carbons (Fsp3) is 0.0769.